The first-order valence-electron chi connectivity index (χ1n) is 6.26. The van der Waals surface area contributed by atoms with Crippen molar-refractivity contribution in [2.75, 3.05) is 18.5 Å². The molecule has 1 aromatic rings. The Kier molecular flexibility index (Phi) is 5.91. The smallest absolute Gasteiger partial charge is 0.411 e. The summed E-state index contributed by atoms with van der Waals surface area (Å²) in [7, 11) is 0. The summed E-state index contributed by atoms with van der Waals surface area (Å²) in [4.78, 5) is 11.6. The third-order valence-corrected chi connectivity index (χ3v) is 2.28. The summed E-state index contributed by atoms with van der Waals surface area (Å²) in [5.41, 5.74) is 7.81. The fraction of sp³-hybridized carbons (Fsp3) is 0.400. The highest BCUT2D eigenvalue weighted by molar-refractivity contribution is 5.86. The fourth-order valence-corrected chi connectivity index (χ4v) is 1.41. The average Bonchev–Trinajstić information content (AvgIpc) is 2.36. The number of carbonyl (C=O) groups excluding carboxylic acids is 1. The van der Waals surface area contributed by atoms with Crippen LogP contribution in [0, 0.1) is 24.7 Å². The molecule has 3 N–H and O–H groups in total. The van der Waals surface area contributed by atoms with Crippen molar-refractivity contribution >= 4 is 11.8 Å². The predicted octanol–water partition coefficient (Wildman–Crippen LogP) is 2.51. The van der Waals surface area contributed by atoms with E-state index >= 15 is 0 Å². The number of anilines is 1. The molecular formula is C15H20N2O2. The third kappa shape index (κ3) is 5.45. The van der Waals surface area contributed by atoms with Gasteiger partial charge in [-0.15, -0.1) is 0 Å². The van der Waals surface area contributed by atoms with Crippen LogP contribution in [0.15, 0.2) is 18.2 Å². The molecule has 0 heterocycles. The molecule has 0 aromatic heterocycles. The van der Waals surface area contributed by atoms with Gasteiger partial charge in [0.25, 0.3) is 0 Å². The molecule has 0 aliphatic heterocycles. The van der Waals surface area contributed by atoms with Gasteiger partial charge in [0.1, 0.15) is 0 Å². The normalized spacial score (nSPS) is 9.74. The second kappa shape index (κ2) is 7.45. The van der Waals surface area contributed by atoms with E-state index in [4.69, 9.17) is 10.5 Å². The Balaban J connectivity index is 2.79. The average molecular weight is 260 g/mol. The largest absolute Gasteiger partial charge is 0.449 e. The van der Waals surface area contributed by atoms with Crippen LogP contribution in [0.5, 0.6) is 0 Å². The van der Waals surface area contributed by atoms with Crippen molar-refractivity contribution in [3.63, 3.8) is 0 Å². The van der Waals surface area contributed by atoms with E-state index in [2.05, 4.69) is 17.2 Å². The molecule has 0 atom stereocenters. The summed E-state index contributed by atoms with van der Waals surface area (Å²) in [6.07, 6.45) is -0.464. The van der Waals surface area contributed by atoms with Crippen molar-refractivity contribution in [1.82, 2.24) is 0 Å². The lowest BCUT2D eigenvalue weighted by Crippen LogP contribution is -2.17. The number of hydrogen-bond acceptors (Lipinski definition) is 3. The molecule has 4 nitrogen and oxygen atoms in total. The zero-order valence-corrected chi connectivity index (χ0v) is 11.6. The van der Waals surface area contributed by atoms with Gasteiger partial charge < -0.3 is 10.5 Å². The van der Waals surface area contributed by atoms with E-state index in [1.165, 1.54) is 0 Å². The quantitative estimate of drug-likeness (QED) is 0.821. The molecule has 0 aliphatic rings. The molecule has 1 aromatic carbocycles. The molecule has 0 saturated carbocycles. The van der Waals surface area contributed by atoms with E-state index in [0.717, 1.165) is 11.1 Å². The van der Waals surface area contributed by atoms with Crippen LogP contribution in [-0.4, -0.2) is 19.2 Å². The maximum Gasteiger partial charge on any atom is 0.411 e. The van der Waals surface area contributed by atoms with E-state index in [1.807, 2.05) is 39.0 Å². The Bertz CT molecular complexity index is 499. The molecule has 0 radical (unpaired) electrons. The van der Waals surface area contributed by atoms with Crippen LogP contribution >= 0.6 is 0 Å². The van der Waals surface area contributed by atoms with Gasteiger partial charge in [-0.1, -0.05) is 31.8 Å². The van der Waals surface area contributed by atoms with E-state index in [0.29, 0.717) is 18.2 Å². The van der Waals surface area contributed by atoms with Crippen LogP contribution in [0.3, 0.4) is 0 Å². The molecule has 0 fully saturated rings. The van der Waals surface area contributed by atoms with Crippen molar-refractivity contribution in [2.24, 2.45) is 11.7 Å². The molecule has 0 bridgehead atoms. The standard InChI is InChI=1S/C15H20N2O2/c1-11(2)10-19-15(18)17-14-7-6-12(3)9-13(14)5-4-8-16/h6-7,9,11H,8,10,16H2,1-3H3,(H,17,18). The summed E-state index contributed by atoms with van der Waals surface area (Å²) in [6.45, 7) is 6.61. The number of hydrogen-bond donors (Lipinski definition) is 2. The zero-order valence-electron chi connectivity index (χ0n) is 11.6. The van der Waals surface area contributed by atoms with Gasteiger partial charge in [0.15, 0.2) is 0 Å². The molecule has 0 aliphatic carbocycles. The Morgan fingerprint density at radius 3 is 2.84 bits per heavy atom. The van der Waals surface area contributed by atoms with E-state index in [1.54, 1.807) is 0 Å². The SMILES string of the molecule is Cc1ccc(NC(=O)OCC(C)C)c(C#CCN)c1. The summed E-state index contributed by atoms with van der Waals surface area (Å²) in [5, 5.41) is 2.70. The zero-order chi connectivity index (χ0) is 14.3. The van der Waals surface area contributed by atoms with Gasteiger partial charge >= 0.3 is 6.09 Å². The number of amides is 1. The third-order valence-electron chi connectivity index (χ3n) is 2.28. The number of ether oxygens (including phenoxy) is 1. The van der Waals surface area contributed by atoms with Gasteiger partial charge in [-0.2, -0.15) is 0 Å². The van der Waals surface area contributed by atoms with Crippen molar-refractivity contribution in [3.8, 4) is 11.8 Å². The number of nitrogens with one attached hydrogen (secondary N) is 1. The van der Waals surface area contributed by atoms with Crippen molar-refractivity contribution in [2.45, 2.75) is 20.8 Å². The van der Waals surface area contributed by atoms with E-state index in [9.17, 15) is 4.79 Å². The lowest BCUT2D eigenvalue weighted by molar-refractivity contribution is 0.147. The lowest BCUT2D eigenvalue weighted by atomic mass is 10.1. The van der Waals surface area contributed by atoms with Crippen molar-refractivity contribution in [1.29, 1.82) is 0 Å². The van der Waals surface area contributed by atoms with Crippen LogP contribution in [0.1, 0.15) is 25.0 Å². The summed E-state index contributed by atoms with van der Waals surface area (Å²) in [5.74, 6) is 6.03. The first kappa shape index (κ1) is 15.1. The van der Waals surface area contributed by atoms with Crippen LogP contribution in [0.25, 0.3) is 0 Å². The molecule has 0 spiro atoms. The number of nitrogens with two attached hydrogens (primary N) is 1. The second-order valence-corrected chi connectivity index (χ2v) is 4.67. The fourth-order valence-electron chi connectivity index (χ4n) is 1.41. The minimum Gasteiger partial charge on any atom is -0.449 e. The van der Waals surface area contributed by atoms with Crippen LogP contribution in [0.2, 0.25) is 0 Å². The summed E-state index contributed by atoms with van der Waals surface area (Å²) in [6, 6.07) is 5.62. The molecule has 0 saturated heterocycles. The summed E-state index contributed by atoms with van der Waals surface area (Å²) >= 11 is 0. The first-order valence-corrected chi connectivity index (χ1v) is 6.26. The highest BCUT2D eigenvalue weighted by atomic mass is 16.5. The lowest BCUT2D eigenvalue weighted by Gasteiger charge is -2.10. The number of benzene rings is 1. The monoisotopic (exact) mass is 260 g/mol. The number of carbonyl (C=O) groups is 1. The molecule has 4 heteroatoms. The molecule has 19 heavy (non-hydrogen) atoms. The highest BCUT2D eigenvalue weighted by Crippen LogP contribution is 2.16. The first-order chi connectivity index (χ1) is 9.02. The van der Waals surface area contributed by atoms with E-state index in [-0.39, 0.29) is 6.54 Å². The minimum atomic E-state index is -0.464. The van der Waals surface area contributed by atoms with Crippen LogP contribution in [-0.2, 0) is 4.74 Å². The van der Waals surface area contributed by atoms with Crippen LogP contribution < -0.4 is 11.1 Å². The Morgan fingerprint density at radius 2 is 2.21 bits per heavy atom. The molecule has 102 valence electrons. The maximum atomic E-state index is 11.6. The molecule has 1 amide bonds. The minimum absolute atomic E-state index is 0.283. The number of rotatable bonds is 3. The van der Waals surface area contributed by atoms with Gasteiger partial charge in [-0.05, 0) is 30.5 Å². The van der Waals surface area contributed by atoms with Gasteiger partial charge in [-0.3, -0.25) is 5.32 Å². The van der Waals surface area contributed by atoms with Gasteiger partial charge in [0, 0.05) is 5.56 Å². The van der Waals surface area contributed by atoms with Crippen molar-refractivity contribution < 1.29 is 9.53 Å². The van der Waals surface area contributed by atoms with Gasteiger partial charge in [-0.25, -0.2) is 4.79 Å². The van der Waals surface area contributed by atoms with Gasteiger partial charge in [0.2, 0.25) is 0 Å². The maximum absolute atomic E-state index is 11.6. The molecular weight excluding hydrogens is 240 g/mol. The Hall–Kier alpha value is -1.99. The highest BCUT2D eigenvalue weighted by Gasteiger charge is 2.07. The van der Waals surface area contributed by atoms with Crippen LogP contribution in [0.4, 0.5) is 10.5 Å². The van der Waals surface area contributed by atoms with Gasteiger partial charge in [0.05, 0.1) is 18.8 Å². The Morgan fingerprint density at radius 1 is 1.47 bits per heavy atom. The number of aryl methyl sites for hydroxylation is 1. The predicted molar refractivity (Wildman–Crippen MR) is 76.9 cm³/mol. The molecule has 1 rings (SSSR count). The van der Waals surface area contributed by atoms with Crippen molar-refractivity contribution in [3.05, 3.63) is 29.3 Å². The van der Waals surface area contributed by atoms with E-state index < -0.39 is 6.09 Å². The molecule has 0 unspecified atom stereocenters. The Labute approximate surface area is 114 Å². The summed E-state index contributed by atoms with van der Waals surface area (Å²) < 4.78 is 5.07. The topological polar surface area (TPSA) is 64.3 Å². The second-order valence-electron chi connectivity index (χ2n) is 4.67.